The van der Waals surface area contributed by atoms with Gasteiger partial charge in [-0.15, -0.1) is 0 Å². The molecule has 6 heteroatoms. The second-order valence-corrected chi connectivity index (χ2v) is 3.39. The quantitative estimate of drug-likeness (QED) is 0.831. The monoisotopic (exact) mass is 245 g/mol. The van der Waals surface area contributed by atoms with Gasteiger partial charge in [-0.3, -0.25) is 4.79 Å². The van der Waals surface area contributed by atoms with Crippen LogP contribution in [0.1, 0.15) is 11.1 Å². The number of rotatable bonds is 3. The number of aromatic nitrogens is 1. The number of nitrogens with zero attached hydrogens (tertiary/aromatic N) is 1. The van der Waals surface area contributed by atoms with Crippen molar-refractivity contribution < 1.29 is 18.3 Å². The van der Waals surface area contributed by atoms with E-state index in [2.05, 4.69) is 13.2 Å². The molecule has 0 atom stereocenters. The number of aliphatic hydroxyl groups is 1. The Balaban J connectivity index is 3.39. The number of aliphatic hydroxyl groups excluding tert-OH is 1. The summed E-state index contributed by atoms with van der Waals surface area (Å²) in [5, 5.41) is 9.12. The van der Waals surface area contributed by atoms with E-state index < -0.39 is 24.0 Å². The van der Waals surface area contributed by atoms with Crippen molar-refractivity contribution in [1.29, 1.82) is 0 Å². The minimum Gasteiger partial charge on any atom is -0.508 e. The highest BCUT2D eigenvalue weighted by atomic mass is 19.4. The van der Waals surface area contributed by atoms with Crippen LogP contribution in [0, 0.1) is 0 Å². The molecule has 0 spiro atoms. The molecule has 0 radical (unpaired) electrons. The first-order valence-electron chi connectivity index (χ1n) is 4.56. The topological polar surface area (TPSA) is 42.2 Å². The Kier molecular flexibility index (Phi) is 3.45. The third kappa shape index (κ3) is 3.24. The van der Waals surface area contributed by atoms with E-state index in [1.807, 2.05) is 0 Å². The number of halogens is 3. The van der Waals surface area contributed by atoms with Crippen LogP contribution in [0.25, 0.3) is 11.8 Å². The van der Waals surface area contributed by atoms with E-state index in [4.69, 9.17) is 5.11 Å². The molecule has 1 aromatic rings. The molecule has 0 bridgehead atoms. The molecular weight excluding hydrogens is 235 g/mol. The summed E-state index contributed by atoms with van der Waals surface area (Å²) in [6, 6.07) is 1.23. The maximum Gasteiger partial charge on any atom is 0.406 e. The van der Waals surface area contributed by atoms with Gasteiger partial charge in [0.25, 0.3) is 5.56 Å². The zero-order chi connectivity index (χ0) is 13.2. The lowest BCUT2D eigenvalue weighted by atomic mass is 10.1. The smallest absolute Gasteiger partial charge is 0.406 e. The molecule has 1 aromatic heterocycles. The Morgan fingerprint density at radius 2 is 2.12 bits per heavy atom. The Hall–Kier alpha value is -1.98. The average Bonchev–Trinajstić information content (AvgIpc) is 2.18. The summed E-state index contributed by atoms with van der Waals surface area (Å²) in [5.41, 5.74) is -0.925. The van der Waals surface area contributed by atoms with Crippen LogP contribution in [0.5, 0.6) is 0 Å². The van der Waals surface area contributed by atoms with Gasteiger partial charge in [-0.1, -0.05) is 19.2 Å². The van der Waals surface area contributed by atoms with Crippen molar-refractivity contribution in [2.45, 2.75) is 12.7 Å². The van der Waals surface area contributed by atoms with Crippen LogP contribution < -0.4 is 5.56 Å². The van der Waals surface area contributed by atoms with Crippen molar-refractivity contribution in [3.05, 3.63) is 46.9 Å². The lowest BCUT2D eigenvalue weighted by molar-refractivity contribution is -0.141. The molecule has 0 saturated heterocycles. The minimum atomic E-state index is -4.52. The lowest BCUT2D eigenvalue weighted by Gasteiger charge is -2.11. The van der Waals surface area contributed by atoms with Crippen molar-refractivity contribution in [2.75, 3.05) is 0 Å². The zero-order valence-corrected chi connectivity index (χ0v) is 8.79. The standard InChI is InChI=1S/C11H10F3NO2/c1-3-8-4-9(7(2)16)10(17)15(5-8)6-11(12,13)14/h3-5,16H,1-2,6H2. The van der Waals surface area contributed by atoms with Gasteiger partial charge in [0.05, 0.1) is 5.56 Å². The molecule has 3 nitrogen and oxygen atoms in total. The van der Waals surface area contributed by atoms with Crippen LogP contribution in [-0.2, 0) is 6.54 Å². The second-order valence-electron chi connectivity index (χ2n) is 3.39. The van der Waals surface area contributed by atoms with Crippen molar-refractivity contribution in [2.24, 2.45) is 0 Å². The van der Waals surface area contributed by atoms with E-state index in [9.17, 15) is 18.0 Å². The molecular formula is C11H10F3NO2. The van der Waals surface area contributed by atoms with Gasteiger partial charge in [-0.05, 0) is 11.6 Å². The Bertz CT molecular complexity index is 514. The first kappa shape index (κ1) is 13.1. The lowest BCUT2D eigenvalue weighted by Crippen LogP contribution is -2.29. The summed E-state index contributed by atoms with van der Waals surface area (Å²) < 4.78 is 37.1. The molecule has 0 amide bonds. The van der Waals surface area contributed by atoms with Crippen LogP contribution in [0.15, 0.2) is 30.2 Å². The van der Waals surface area contributed by atoms with Gasteiger partial charge in [0, 0.05) is 6.20 Å². The van der Waals surface area contributed by atoms with E-state index in [1.165, 1.54) is 12.1 Å². The third-order valence-corrected chi connectivity index (χ3v) is 2.00. The molecule has 1 rings (SSSR count). The summed E-state index contributed by atoms with van der Waals surface area (Å²) in [6.07, 6.45) is -2.22. The van der Waals surface area contributed by atoms with Gasteiger partial charge in [-0.25, -0.2) is 0 Å². The van der Waals surface area contributed by atoms with Gasteiger partial charge in [-0.2, -0.15) is 13.2 Å². The third-order valence-electron chi connectivity index (χ3n) is 2.00. The minimum absolute atomic E-state index is 0.272. The average molecular weight is 245 g/mol. The Labute approximate surface area is 95.1 Å². The number of hydrogen-bond acceptors (Lipinski definition) is 2. The van der Waals surface area contributed by atoms with Gasteiger partial charge >= 0.3 is 6.18 Å². The van der Waals surface area contributed by atoms with Gasteiger partial charge in [0.1, 0.15) is 12.3 Å². The fourth-order valence-electron chi connectivity index (χ4n) is 1.29. The normalized spacial score (nSPS) is 11.2. The fraction of sp³-hybridized carbons (Fsp3) is 0.182. The summed E-state index contributed by atoms with van der Waals surface area (Å²) >= 11 is 0. The maximum absolute atomic E-state index is 12.2. The Morgan fingerprint density at radius 1 is 1.53 bits per heavy atom. The van der Waals surface area contributed by atoms with Crippen LogP contribution in [0.2, 0.25) is 0 Å². The van der Waals surface area contributed by atoms with Gasteiger partial charge in [0.2, 0.25) is 0 Å². The molecule has 0 saturated carbocycles. The summed E-state index contributed by atoms with van der Waals surface area (Å²) in [5.74, 6) is -0.574. The molecule has 0 fully saturated rings. The van der Waals surface area contributed by atoms with E-state index in [1.54, 1.807) is 0 Å². The van der Waals surface area contributed by atoms with E-state index >= 15 is 0 Å². The predicted octanol–water partition coefficient (Wildman–Crippen LogP) is 2.58. The molecule has 0 unspecified atom stereocenters. The van der Waals surface area contributed by atoms with Crippen molar-refractivity contribution in [1.82, 2.24) is 4.57 Å². The molecule has 92 valence electrons. The molecule has 0 aliphatic rings. The first-order chi connectivity index (χ1) is 7.74. The number of pyridine rings is 1. The summed E-state index contributed by atoms with van der Waals surface area (Å²) in [7, 11) is 0. The van der Waals surface area contributed by atoms with Crippen LogP contribution in [0.4, 0.5) is 13.2 Å². The maximum atomic E-state index is 12.2. The highest BCUT2D eigenvalue weighted by molar-refractivity contribution is 5.59. The van der Waals surface area contributed by atoms with E-state index in [0.717, 1.165) is 6.20 Å². The first-order valence-corrected chi connectivity index (χ1v) is 4.56. The highest BCUT2D eigenvalue weighted by Crippen LogP contribution is 2.17. The van der Waals surface area contributed by atoms with Crippen LogP contribution in [0.3, 0.4) is 0 Å². The number of alkyl halides is 3. The fourth-order valence-corrected chi connectivity index (χ4v) is 1.29. The van der Waals surface area contributed by atoms with E-state index in [-0.39, 0.29) is 5.56 Å². The van der Waals surface area contributed by atoms with Crippen molar-refractivity contribution >= 4 is 11.8 Å². The molecule has 0 aliphatic heterocycles. The zero-order valence-electron chi connectivity index (χ0n) is 8.79. The molecule has 1 heterocycles. The highest BCUT2D eigenvalue weighted by Gasteiger charge is 2.29. The number of hydrogen-bond donors (Lipinski definition) is 1. The molecule has 17 heavy (non-hydrogen) atoms. The molecule has 0 aliphatic carbocycles. The summed E-state index contributed by atoms with van der Waals surface area (Å²) in [6.45, 7) is 5.09. The van der Waals surface area contributed by atoms with Crippen molar-refractivity contribution in [3.8, 4) is 0 Å². The largest absolute Gasteiger partial charge is 0.508 e. The summed E-state index contributed by atoms with van der Waals surface area (Å²) in [4.78, 5) is 11.6. The Morgan fingerprint density at radius 3 is 2.53 bits per heavy atom. The van der Waals surface area contributed by atoms with Gasteiger partial charge < -0.3 is 9.67 Å². The predicted molar refractivity (Wildman–Crippen MR) is 58.5 cm³/mol. The second kappa shape index (κ2) is 4.48. The molecule has 0 aromatic carbocycles. The van der Waals surface area contributed by atoms with Crippen LogP contribution in [-0.4, -0.2) is 15.8 Å². The molecule has 1 N–H and O–H groups in total. The van der Waals surface area contributed by atoms with Crippen molar-refractivity contribution in [3.63, 3.8) is 0 Å². The van der Waals surface area contributed by atoms with E-state index in [0.29, 0.717) is 10.1 Å². The van der Waals surface area contributed by atoms with Crippen LogP contribution >= 0.6 is 0 Å². The SMILES string of the molecule is C=Cc1cc(C(=C)O)c(=O)n(CC(F)(F)F)c1. The van der Waals surface area contributed by atoms with Gasteiger partial charge in [0.15, 0.2) is 0 Å².